The maximum absolute atomic E-state index is 13.6. The molecule has 1 fully saturated rings. The molecule has 0 aromatic heterocycles. The number of rotatable bonds is 5. The molecule has 20 heavy (non-hydrogen) atoms. The minimum absolute atomic E-state index is 0.190. The lowest BCUT2D eigenvalue weighted by Gasteiger charge is -2.27. The number of nitrogens with one attached hydrogen (secondary N) is 1. The van der Waals surface area contributed by atoms with Crippen LogP contribution in [0.3, 0.4) is 0 Å². The maximum Gasteiger partial charge on any atom is 0.326 e. The first-order valence-electron chi connectivity index (χ1n) is 6.86. The third-order valence-corrected chi connectivity index (χ3v) is 3.69. The molecule has 2 atom stereocenters. The fourth-order valence-electron chi connectivity index (χ4n) is 2.77. The maximum atomic E-state index is 13.6. The molecule has 1 N–H and O–H groups in total. The number of methoxy groups -OCH3 is 1. The molecule has 0 bridgehead atoms. The predicted molar refractivity (Wildman–Crippen MR) is 73.1 cm³/mol. The molecule has 0 saturated heterocycles. The molecule has 1 saturated carbocycles. The fourth-order valence-corrected chi connectivity index (χ4v) is 2.77. The highest BCUT2D eigenvalue weighted by Crippen LogP contribution is 2.34. The van der Waals surface area contributed by atoms with Crippen molar-refractivity contribution in [1.29, 1.82) is 0 Å². The van der Waals surface area contributed by atoms with E-state index < -0.39 is 5.54 Å². The summed E-state index contributed by atoms with van der Waals surface area (Å²) in [6.45, 7) is 2.61. The van der Waals surface area contributed by atoms with E-state index >= 15 is 0 Å². The summed E-state index contributed by atoms with van der Waals surface area (Å²) in [4.78, 5) is 12.0. The Morgan fingerprint density at radius 3 is 2.90 bits per heavy atom. The van der Waals surface area contributed by atoms with Crippen molar-refractivity contribution in [3.63, 3.8) is 0 Å². The topological polar surface area (TPSA) is 47.6 Å². The SMILES string of the molecule is CCNC1(C(=O)OC)CCC(Oc2ccccc2F)C1. The van der Waals surface area contributed by atoms with Crippen LogP contribution in [0.25, 0.3) is 0 Å². The second-order valence-corrected chi connectivity index (χ2v) is 5.02. The van der Waals surface area contributed by atoms with Gasteiger partial charge in [0.25, 0.3) is 0 Å². The summed E-state index contributed by atoms with van der Waals surface area (Å²) in [6.07, 6.45) is 1.62. The molecule has 0 spiro atoms. The zero-order chi connectivity index (χ0) is 14.6. The van der Waals surface area contributed by atoms with Crippen LogP contribution in [0.15, 0.2) is 24.3 Å². The number of halogens is 1. The number of benzene rings is 1. The van der Waals surface area contributed by atoms with E-state index in [1.54, 1.807) is 18.2 Å². The molecule has 1 aromatic carbocycles. The second-order valence-electron chi connectivity index (χ2n) is 5.02. The molecule has 2 rings (SSSR count). The van der Waals surface area contributed by atoms with E-state index in [1.165, 1.54) is 13.2 Å². The Bertz CT molecular complexity index is 480. The van der Waals surface area contributed by atoms with Gasteiger partial charge in [-0.3, -0.25) is 4.79 Å². The Hall–Kier alpha value is -1.62. The first-order valence-corrected chi connectivity index (χ1v) is 6.86. The van der Waals surface area contributed by atoms with Gasteiger partial charge >= 0.3 is 5.97 Å². The first kappa shape index (κ1) is 14.8. The smallest absolute Gasteiger partial charge is 0.326 e. The molecule has 110 valence electrons. The van der Waals surface area contributed by atoms with E-state index in [4.69, 9.17) is 9.47 Å². The van der Waals surface area contributed by atoms with Crippen LogP contribution in [0.2, 0.25) is 0 Å². The van der Waals surface area contributed by atoms with Crippen LogP contribution in [0.4, 0.5) is 4.39 Å². The van der Waals surface area contributed by atoms with Gasteiger partial charge in [-0.25, -0.2) is 4.39 Å². The monoisotopic (exact) mass is 281 g/mol. The summed E-state index contributed by atoms with van der Waals surface area (Å²) in [5.74, 6) is -0.430. The molecule has 1 aliphatic rings. The van der Waals surface area contributed by atoms with Crippen molar-refractivity contribution in [1.82, 2.24) is 5.32 Å². The first-order chi connectivity index (χ1) is 9.61. The molecule has 0 heterocycles. The van der Waals surface area contributed by atoms with E-state index in [9.17, 15) is 9.18 Å². The van der Waals surface area contributed by atoms with Gasteiger partial charge in [-0.1, -0.05) is 19.1 Å². The van der Waals surface area contributed by atoms with E-state index in [-0.39, 0.29) is 23.6 Å². The highest BCUT2D eigenvalue weighted by molar-refractivity contribution is 5.81. The van der Waals surface area contributed by atoms with Crippen molar-refractivity contribution < 1.29 is 18.7 Å². The number of carbonyl (C=O) groups excluding carboxylic acids is 1. The van der Waals surface area contributed by atoms with Crippen molar-refractivity contribution in [3.8, 4) is 5.75 Å². The van der Waals surface area contributed by atoms with Crippen molar-refractivity contribution in [2.24, 2.45) is 0 Å². The van der Waals surface area contributed by atoms with Gasteiger partial charge in [0.15, 0.2) is 11.6 Å². The Kier molecular flexibility index (Phi) is 4.60. The number of hydrogen-bond donors (Lipinski definition) is 1. The molecule has 0 radical (unpaired) electrons. The summed E-state index contributed by atoms with van der Waals surface area (Å²) in [5, 5.41) is 3.19. The summed E-state index contributed by atoms with van der Waals surface area (Å²) < 4.78 is 24.1. The average molecular weight is 281 g/mol. The van der Waals surface area contributed by atoms with Gasteiger partial charge in [-0.2, -0.15) is 0 Å². The number of esters is 1. The van der Waals surface area contributed by atoms with Gasteiger partial charge in [0.1, 0.15) is 11.6 Å². The molecule has 1 aromatic rings. The molecule has 5 heteroatoms. The van der Waals surface area contributed by atoms with Crippen LogP contribution >= 0.6 is 0 Å². The number of ether oxygens (including phenoxy) is 2. The van der Waals surface area contributed by atoms with Gasteiger partial charge in [0, 0.05) is 6.42 Å². The van der Waals surface area contributed by atoms with Gasteiger partial charge < -0.3 is 14.8 Å². The van der Waals surface area contributed by atoms with Crippen LogP contribution in [0.5, 0.6) is 5.75 Å². The summed E-state index contributed by atoms with van der Waals surface area (Å²) >= 11 is 0. The highest BCUT2D eigenvalue weighted by Gasteiger charge is 2.46. The van der Waals surface area contributed by atoms with Crippen molar-refractivity contribution in [2.75, 3.05) is 13.7 Å². The van der Waals surface area contributed by atoms with Crippen molar-refractivity contribution in [2.45, 2.75) is 37.8 Å². The third kappa shape index (κ3) is 2.93. The molecule has 0 aliphatic heterocycles. The van der Waals surface area contributed by atoms with Crippen LogP contribution in [-0.4, -0.2) is 31.3 Å². The molecule has 2 unspecified atom stereocenters. The average Bonchev–Trinajstić information content (AvgIpc) is 2.85. The van der Waals surface area contributed by atoms with E-state index in [0.717, 1.165) is 0 Å². The van der Waals surface area contributed by atoms with Gasteiger partial charge in [-0.05, 0) is 31.5 Å². The van der Waals surface area contributed by atoms with Crippen LogP contribution in [0.1, 0.15) is 26.2 Å². The van der Waals surface area contributed by atoms with Crippen LogP contribution in [-0.2, 0) is 9.53 Å². The lowest BCUT2D eigenvalue weighted by molar-refractivity contribution is -0.148. The molecule has 4 nitrogen and oxygen atoms in total. The third-order valence-electron chi connectivity index (χ3n) is 3.69. The zero-order valence-corrected chi connectivity index (χ0v) is 11.8. The standard InChI is InChI=1S/C15H20FNO3/c1-3-17-15(14(18)19-2)9-8-11(10-15)20-13-7-5-4-6-12(13)16/h4-7,11,17H,3,8-10H2,1-2H3. The molecular weight excluding hydrogens is 261 g/mol. The Balaban J connectivity index is 2.07. The van der Waals surface area contributed by atoms with E-state index in [0.29, 0.717) is 25.8 Å². The minimum Gasteiger partial charge on any atom is -0.487 e. The Morgan fingerprint density at radius 2 is 2.25 bits per heavy atom. The quantitative estimate of drug-likeness (QED) is 0.841. The summed E-state index contributed by atoms with van der Waals surface area (Å²) in [6, 6.07) is 6.31. The Morgan fingerprint density at radius 1 is 1.50 bits per heavy atom. The molecular formula is C15H20FNO3. The van der Waals surface area contributed by atoms with Crippen molar-refractivity contribution in [3.05, 3.63) is 30.1 Å². The lowest BCUT2D eigenvalue weighted by atomic mass is 9.97. The van der Waals surface area contributed by atoms with E-state index in [2.05, 4.69) is 5.32 Å². The number of hydrogen-bond acceptors (Lipinski definition) is 4. The second kappa shape index (κ2) is 6.22. The van der Waals surface area contributed by atoms with Crippen LogP contribution in [0, 0.1) is 5.82 Å². The lowest BCUT2D eigenvalue weighted by Crippen LogP contribution is -2.51. The number of para-hydroxylation sites is 1. The zero-order valence-electron chi connectivity index (χ0n) is 11.8. The summed E-state index contributed by atoms with van der Waals surface area (Å²) in [7, 11) is 1.38. The highest BCUT2D eigenvalue weighted by atomic mass is 19.1. The van der Waals surface area contributed by atoms with Gasteiger partial charge in [0.05, 0.1) is 7.11 Å². The molecule has 0 amide bonds. The molecule has 1 aliphatic carbocycles. The largest absolute Gasteiger partial charge is 0.487 e. The number of likely N-dealkylation sites (N-methyl/N-ethyl adjacent to an activating group) is 1. The van der Waals surface area contributed by atoms with Crippen LogP contribution < -0.4 is 10.1 Å². The number of carbonyl (C=O) groups is 1. The van der Waals surface area contributed by atoms with Gasteiger partial charge in [-0.15, -0.1) is 0 Å². The van der Waals surface area contributed by atoms with E-state index in [1.807, 2.05) is 6.92 Å². The normalized spacial score (nSPS) is 25.4. The van der Waals surface area contributed by atoms with Gasteiger partial charge in [0.2, 0.25) is 0 Å². The predicted octanol–water partition coefficient (Wildman–Crippen LogP) is 2.28. The summed E-state index contributed by atoms with van der Waals surface area (Å²) in [5.41, 5.74) is -0.709. The fraction of sp³-hybridized carbons (Fsp3) is 0.533. The van der Waals surface area contributed by atoms with Crippen molar-refractivity contribution >= 4 is 5.97 Å². The Labute approximate surface area is 118 Å². The minimum atomic E-state index is -0.709.